The number of para-hydroxylation sites is 1. The van der Waals surface area contributed by atoms with Gasteiger partial charge in [-0.1, -0.05) is 24.8 Å². The fourth-order valence-corrected chi connectivity index (χ4v) is 3.42. The van der Waals surface area contributed by atoms with Gasteiger partial charge in [-0.2, -0.15) is 0 Å². The lowest BCUT2D eigenvalue weighted by molar-refractivity contribution is -0.159. The number of carbonyl (C=O) groups is 3. The first-order chi connectivity index (χ1) is 14.6. The van der Waals surface area contributed by atoms with Gasteiger partial charge < -0.3 is 19.9 Å². The minimum Gasteiger partial charge on any atom is -0.458 e. The number of ether oxygens (including phenoxy) is 1. The van der Waals surface area contributed by atoms with E-state index >= 15 is 0 Å². The molecule has 1 heterocycles. The summed E-state index contributed by atoms with van der Waals surface area (Å²) in [6, 6.07) is 6.53. The second-order valence-corrected chi connectivity index (χ2v) is 8.63. The van der Waals surface area contributed by atoms with Crippen molar-refractivity contribution < 1.29 is 19.1 Å². The maximum Gasteiger partial charge on any atom is 0.329 e. The highest BCUT2D eigenvalue weighted by Gasteiger charge is 2.29. The van der Waals surface area contributed by atoms with Crippen molar-refractivity contribution in [3.63, 3.8) is 0 Å². The number of fused-ring (bicyclic) bond motifs is 1. The Balaban J connectivity index is 2.17. The number of likely N-dealkylation sites (N-methyl/N-ethyl adjacent to an activating group) is 1. The van der Waals surface area contributed by atoms with Gasteiger partial charge in [-0.05, 0) is 58.4 Å². The summed E-state index contributed by atoms with van der Waals surface area (Å²) in [5.74, 6) is -1.07. The van der Waals surface area contributed by atoms with Gasteiger partial charge in [0.2, 0.25) is 5.91 Å². The normalized spacial score (nSPS) is 13.5. The Morgan fingerprint density at radius 2 is 1.87 bits per heavy atom. The molecule has 0 bridgehead atoms. The monoisotopic (exact) mass is 427 g/mol. The van der Waals surface area contributed by atoms with Crippen LogP contribution in [0.1, 0.15) is 39.2 Å². The number of hydrogen-bond acceptors (Lipinski definition) is 5. The Labute approximate surface area is 183 Å². The van der Waals surface area contributed by atoms with E-state index in [1.165, 1.54) is 6.08 Å². The number of nitrogens with one attached hydrogen (secondary N) is 2. The summed E-state index contributed by atoms with van der Waals surface area (Å²) in [4.78, 5) is 37.3. The number of allylic oxidation sites excluding steroid dienone is 1. The summed E-state index contributed by atoms with van der Waals surface area (Å²) in [7, 11) is 3.68. The minimum atomic E-state index is -0.918. The van der Waals surface area contributed by atoms with Crippen LogP contribution in [0.2, 0.25) is 0 Å². The predicted octanol–water partition coefficient (Wildman–Crippen LogP) is 2.67. The molecule has 0 saturated heterocycles. The van der Waals surface area contributed by atoms with E-state index in [0.29, 0.717) is 6.42 Å². The SMILES string of the molecule is C=CC(=O)CC[C@H](NC(=O)[C@H](Cc1cn(C)c2ccccc12)NC)C(=O)OC(C)(C)C. The third-order valence-corrected chi connectivity index (χ3v) is 4.98. The van der Waals surface area contributed by atoms with Crippen LogP contribution >= 0.6 is 0 Å². The standard InChI is InChI=1S/C24H33N3O4/c1-7-17(28)12-13-19(23(30)31-24(2,3)4)26-22(29)20(25-5)14-16-15-27(6)21-11-9-8-10-18(16)21/h7-11,15,19-20,25H,1,12-14H2,2-6H3,(H,26,29)/t19-,20-/m0/s1. The molecule has 0 aliphatic carbocycles. The molecule has 1 aromatic carbocycles. The van der Waals surface area contributed by atoms with Gasteiger partial charge in [0.05, 0.1) is 6.04 Å². The Hall–Kier alpha value is -2.93. The van der Waals surface area contributed by atoms with E-state index in [-0.39, 0.29) is 24.5 Å². The molecule has 0 aliphatic heterocycles. The second-order valence-electron chi connectivity index (χ2n) is 8.63. The number of aromatic nitrogens is 1. The molecule has 2 N–H and O–H groups in total. The zero-order chi connectivity index (χ0) is 23.2. The number of amides is 1. The first-order valence-electron chi connectivity index (χ1n) is 10.4. The summed E-state index contributed by atoms with van der Waals surface area (Å²) >= 11 is 0. The van der Waals surface area contributed by atoms with Crippen molar-refractivity contribution in [2.24, 2.45) is 7.05 Å². The van der Waals surface area contributed by atoms with Crippen molar-refractivity contribution in [2.75, 3.05) is 7.05 Å². The molecular formula is C24H33N3O4. The lowest BCUT2D eigenvalue weighted by Gasteiger charge is -2.26. The van der Waals surface area contributed by atoms with Gasteiger partial charge in [0.25, 0.3) is 0 Å². The van der Waals surface area contributed by atoms with E-state index in [2.05, 4.69) is 17.2 Å². The zero-order valence-corrected chi connectivity index (χ0v) is 19.0. The number of carbonyl (C=O) groups excluding carboxylic acids is 3. The Morgan fingerprint density at radius 1 is 1.19 bits per heavy atom. The van der Waals surface area contributed by atoms with E-state index in [4.69, 9.17) is 4.74 Å². The van der Waals surface area contributed by atoms with Gasteiger partial charge in [0.15, 0.2) is 5.78 Å². The molecule has 7 nitrogen and oxygen atoms in total. The predicted molar refractivity (Wildman–Crippen MR) is 122 cm³/mol. The molecule has 31 heavy (non-hydrogen) atoms. The summed E-state index contributed by atoms with van der Waals surface area (Å²) in [5.41, 5.74) is 1.42. The van der Waals surface area contributed by atoms with Crippen LogP contribution in [0, 0.1) is 0 Å². The summed E-state index contributed by atoms with van der Waals surface area (Å²) in [5, 5.41) is 6.89. The van der Waals surface area contributed by atoms with Crippen molar-refractivity contribution in [2.45, 2.75) is 57.7 Å². The van der Waals surface area contributed by atoms with Crippen molar-refractivity contribution in [3.05, 3.63) is 48.7 Å². The largest absolute Gasteiger partial charge is 0.458 e. The van der Waals surface area contributed by atoms with Crippen LogP contribution in [0.4, 0.5) is 0 Å². The molecule has 0 radical (unpaired) electrons. The van der Waals surface area contributed by atoms with Gasteiger partial charge in [-0.25, -0.2) is 4.79 Å². The lowest BCUT2D eigenvalue weighted by Crippen LogP contribution is -2.51. The minimum absolute atomic E-state index is 0.0984. The number of esters is 1. The molecule has 0 fully saturated rings. The molecular weight excluding hydrogens is 394 g/mol. The summed E-state index contributed by atoms with van der Waals surface area (Å²) in [6.45, 7) is 8.73. The van der Waals surface area contributed by atoms with Crippen LogP contribution in [-0.2, 0) is 32.6 Å². The Morgan fingerprint density at radius 3 is 2.48 bits per heavy atom. The van der Waals surface area contributed by atoms with Crippen LogP contribution in [0.15, 0.2) is 43.1 Å². The topological polar surface area (TPSA) is 89.4 Å². The Bertz CT molecular complexity index is 955. The van der Waals surface area contributed by atoms with E-state index in [1.54, 1.807) is 27.8 Å². The molecule has 168 valence electrons. The third-order valence-electron chi connectivity index (χ3n) is 4.98. The molecule has 0 unspecified atom stereocenters. The van der Waals surface area contributed by atoms with Crippen molar-refractivity contribution >= 4 is 28.6 Å². The molecule has 0 saturated carbocycles. The van der Waals surface area contributed by atoms with E-state index in [9.17, 15) is 14.4 Å². The fraction of sp³-hybridized carbons (Fsp3) is 0.458. The van der Waals surface area contributed by atoms with Gasteiger partial charge in [0.1, 0.15) is 11.6 Å². The van der Waals surface area contributed by atoms with E-state index in [1.807, 2.05) is 42.1 Å². The van der Waals surface area contributed by atoms with E-state index < -0.39 is 23.7 Å². The first-order valence-corrected chi connectivity index (χ1v) is 10.4. The van der Waals surface area contributed by atoms with Crippen LogP contribution in [0.3, 0.4) is 0 Å². The zero-order valence-electron chi connectivity index (χ0n) is 19.0. The molecule has 1 aromatic heterocycles. The van der Waals surface area contributed by atoms with Crippen molar-refractivity contribution in [1.29, 1.82) is 0 Å². The smallest absolute Gasteiger partial charge is 0.329 e. The van der Waals surface area contributed by atoms with E-state index in [0.717, 1.165) is 16.5 Å². The molecule has 2 aromatic rings. The van der Waals surface area contributed by atoms with Crippen LogP contribution in [0.25, 0.3) is 10.9 Å². The average molecular weight is 428 g/mol. The molecule has 0 spiro atoms. The quantitative estimate of drug-likeness (QED) is 0.450. The number of ketones is 1. The summed E-state index contributed by atoms with van der Waals surface area (Å²) in [6.07, 6.45) is 3.93. The molecule has 1 amide bonds. The molecule has 2 atom stereocenters. The van der Waals surface area contributed by atoms with Crippen molar-refractivity contribution in [3.8, 4) is 0 Å². The number of benzene rings is 1. The summed E-state index contributed by atoms with van der Waals surface area (Å²) < 4.78 is 7.47. The van der Waals surface area contributed by atoms with Crippen LogP contribution < -0.4 is 10.6 Å². The van der Waals surface area contributed by atoms with Gasteiger partial charge >= 0.3 is 5.97 Å². The second kappa shape index (κ2) is 10.4. The van der Waals surface area contributed by atoms with Gasteiger partial charge in [0, 0.05) is 30.6 Å². The molecule has 7 heteroatoms. The average Bonchev–Trinajstić information content (AvgIpc) is 3.03. The lowest BCUT2D eigenvalue weighted by atomic mass is 10.0. The number of nitrogens with zero attached hydrogens (tertiary/aromatic N) is 1. The fourth-order valence-electron chi connectivity index (χ4n) is 3.42. The molecule has 0 aliphatic rings. The molecule has 2 rings (SSSR count). The third kappa shape index (κ3) is 6.79. The van der Waals surface area contributed by atoms with Crippen LogP contribution in [-0.4, -0.2) is 47.0 Å². The highest BCUT2D eigenvalue weighted by atomic mass is 16.6. The maximum atomic E-state index is 13.0. The van der Waals surface area contributed by atoms with Crippen molar-refractivity contribution in [1.82, 2.24) is 15.2 Å². The number of hydrogen-bond donors (Lipinski definition) is 2. The van der Waals surface area contributed by atoms with Gasteiger partial charge in [-0.3, -0.25) is 9.59 Å². The number of aryl methyl sites for hydroxylation is 1. The van der Waals surface area contributed by atoms with Crippen LogP contribution in [0.5, 0.6) is 0 Å². The highest BCUT2D eigenvalue weighted by Crippen LogP contribution is 2.21. The number of rotatable bonds is 10. The Kier molecular flexibility index (Phi) is 8.16. The highest BCUT2D eigenvalue weighted by molar-refractivity contribution is 5.91. The maximum absolute atomic E-state index is 13.0. The van der Waals surface area contributed by atoms with Gasteiger partial charge in [-0.15, -0.1) is 0 Å². The first kappa shape index (κ1) is 24.3.